The minimum absolute atomic E-state index is 0.126. The van der Waals surface area contributed by atoms with Crippen LogP contribution in [0.15, 0.2) is 0 Å². The van der Waals surface area contributed by atoms with Crippen LogP contribution in [0.2, 0.25) is 0 Å². The number of carbonyl (C=O) groups excluding carboxylic acids is 2. The van der Waals surface area contributed by atoms with E-state index in [1.807, 2.05) is 6.92 Å². The quantitative estimate of drug-likeness (QED) is 0.668. The number of hydrogen-bond donors (Lipinski definition) is 3. The molecule has 1 saturated carbocycles. The molecule has 114 valence electrons. The van der Waals surface area contributed by atoms with Gasteiger partial charge in [-0.3, -0.25) is 14.4 Å². The molecule has 6 heteroatoms. The van der Waals surface area contributed by atoms with Crippen molar-refractivity contribution < 1.29 is 19.5 Å². The number of primary amides is 1. The van der Waals surface area contributed by atoms with Crippen molar-refractivity contribution in [2.24, 2.45) is 28.9 Å². The first-order valence-electron chi connectivity index (χ1n) is 6.99. The van der Waals surface area contributed by atoms with E-state index in [-0.39, 0.29) is 18.4 Å². The summed E-state index contributed by atoms with van der Waals surface area (Å²) in [5.41, 5.74) is 4.41. The number of hydrogen-bond acceptors (Lipinski definition) is 3. The number of carboxylic acid groups (broad SMARTS) is 1. The Morgan fingerprint density at radius 3 is 2.25 bits per heavy atom. The number of carboxylic acids is 1. The molecule has 1 aliphatic carbocycles. The molecule has 3 unspecified atom stereocenters. The van der Waals surface area contributed by atoms with Gasteiger partial charge in [0.2, 0.25) is 11.8 Å². The van der Waals surface area contributed by atoms with E-state index in [4.69, 9.17) is 5.73 Å². The van der Waals surface area contributed by atoms with Crippen molar-refractivity contribution in [3.63, 3.8) is 0 Å². The fourth-order valence-corrected chi connectivity index (χ4v) is 2.57. The largest absolute Gasteiger partial charge is 0.481 e. The minimum atomic E-state index is -0.921. The van der Waals surface area contributed by atoms with Crippen LogP contribution < -0.4 is 11.1 Å². The highest BCUT2D eigenvalue weighted by molar-refractivity contribution is 5.86. The maximum Gasteiger partial charge on any atom is 0.307 e. The Bertz CT molecular complexity index is 406. The third-order valence-electron chi connectivity index (χ3n) is 4.26. The molecule has 1 aliphatic rings. The average molecular weight is 284 g/mol. The molecule has 0 aromatic heterocycles. The molecular formula is C14H24N2O4. The zero-order valence-corrected chi connectivity index (χ0v) is 12.3. The van der Waals surface area contributed by atoms with E-state index in [2.05, 4.69) is 5.32 Å². The van der Waals surface area contributed by atoms with E-state index >= 15 is 0 Å². The highest BCUT2D eigenvalue weighted by Gasteiger charge is 2.42. The van der Waals surface area contributed by atoms with Gasteiger partial charge in [-0.15, -0.1) is 0 Å². The van der Waals surface area contributed by atoms with Crippen LogP contribution in [0, 0.1) is 23.2 Å². The van der Waals surface area contributed by atoms with Gasteiger partial charge in [0.25, 0.3) is 0 Å². The van der Waals surface area contributed by atoms with E-state index in [9.17, 15) is 19.5 Å². The van der Waals surface area contributed by atoms with Crippen LogP contribution >= 0.6 is 0 Å². The lowest BCUT2D eigenvalue weighted by Crippen LogP contribution is -2.45. The second-order valence-electron chi connectivity index (χ2n) is 6.26. The summed E-state index contributed by atoms with van der Waals surface area (Å²) in [6.07, 6.45) is 2.01. The summed E-state index contributed by atoms with van der Waals surface area (Å²) >= 11 is 0. The molecule has 2 amide bonds. The van der Waals surface area contributed by atoms with E-state index in [0.29, 0.717) is 12.8 Å². The molecule has 6 nitrogen and oxygen atoms in total. The Morgan fingerprint density at radius 2 is 1.80 bits per heavy atom. The molecule has 3 atom stereocenters. The summed E-state index contributed by atoms with van der Waals surface area (Å²) < 4.78 is 0. The molecule has 0 aromatic carbocycles. The standard InChI is InChI=1S/C14H24N2O4/c1-4-8-5-9(10(6-8)12(18)19)11(17)16-7-14(2,3)13(15)20/h8-10H,4-7H2,1-3H3,(H2,15,20)(H,16,17)(H,18,19). The molecular weight excluding hydrogens is 260 g/mol. The second-order valence-corrected chi connectivity index (χ2v) is 6.26. The zero-order chi connectivity index (χ0) is 15.5. The van der Waals surface area contributed by atoms with Gasteiger partial charge in [0, 0.05) is 6.54 Å². The fourth-order valence-electron chi connectivity index (χ4n) is 2.57. The van der Waals surface area contributed by atoms with Crippen LogP contribution in [0.1, 0.15) is 40.0 Å². The number of amides is 2. The highest BCUT2D eigenvalue weighted by atomic mass is 16.4. The topological polar surface area (TPSA) is 109 Å². The van der Waals surface area contributed by atoms with Gasteiger partial charge in [-0.2, -0.15) is 0 Å². The maximum atomic E-state index is 12.2. The van der Waals surface area contributed by atoms with Crippen LogP contribution in [-0.4, -0.2) is 29.4 Å². The molecule has 20 heavy (non-hydrogen) atoms. The van der Waals surface area contributed by atoms with Crippen molar-refractivity contribution in [2.45, 2.75) is 40.0 Å². The summed E-state index contributed by atoms with van der Waals surface area (Å²) in [6, 6.07) is 0. The van der Waals surface area contributed by atoms with Gasteiger partial charge in [-0.25, -0.2) is 0 Å². The molecule has 0 aromatic rings. The van der Waals surface area contributed by atoms with Crippen molar-refractivity contribution in [3.05, 3.63) is 0 Å². The predicted molar refractivity (Wildman–Crippen MR) is 73.6 cm³/mol. The second kappa shape index (κ2) is 6.24. The Hall–Kier alpha value is -1.59. The third-order valence-corrected chi connectivity index (χ3v) is 4.26. The van der Waals surface area contributed by atoms with Gasteiger partial charge in [0.05, 0.1) is 17.3 Å². The van der Waals surface area contributed by atoms with Crippen LogP contribution in [-0.2, 0) is 14.4 Å². The molecule has 4 N–H and O–H groups in total. The fraction of sp³-hybridized carbons (Fsp3) is 0.786. The number of aliphatic carboxylic acids is 1. The van der Waals surface area contributed by atoms with Gasteiger partial charge in [-0.1, -0.05) is 13.3 Å². The Balaban J connectivity index is 2.66. The summed E-state index contributed by atoms with van der Waals surface area (Å²) in [6.45, 7) is 5.42. The smallest absolute Gasteiger partial charge is 0.307 e. The zero-order valence-electron chi connectivity index (χ0n) is 12.3. The lowest BCUT2D eigenvalue weighted by atomic mass is 9.91. The third kappa shape index (κ3) is 3.71. The van der Waals surface area contributed by atoms with Crippen molar-refractivity contribution in [1.82, 2.24) is 5.32 Å². The highest BCUT2D eigenvalue weighted by Crippen LogP contribution is 2.38. The lowest BCUT2D eigenvalue weighted by Gasteiger charge is -2.23. The van der Waals surface area contributed by atoms with Crippen LogP contribution in [0.5, 0.6) is 0 Å². The molecule has 0 saturated heterocycles. The van der Waals surface area contributed by atoms with Gasteiger partial charge in [-0.05, 0) is 32.6 Å². The maximum absolute atomic E-state index is 12.2. The number of rotatable bonds is 6. The van der Waals surface area contributed by atoms with Gasteiger partial charge >= 0.3 is 5.97 Å². The average Bonchev–Trinajstić information content (AvgIpc) is 2.80. The molecule has 0 spiro atoms. The summed E-state index contributed by atoms with van der Waals surface area (Å²) in [4.78, 5) is 34.6. The number of nitrogens with one attached hydrogen (secondary N) is 1. The minimum Gasteiger partial charge on any atom is -0.481 e. The van der Waals surface area contributed by atoms with Gasteiger partial charge in [0.1, 0.15) is 0 Å². The van der Waals surface area contributed by atoms with Crippen LogP contribution in [0.3, 0.4) is 0 Å². The number of carbonyl (C=O) groups is 3. The summed E-state index contributed by atoms with van der Waals surface area (Å²) in [7, 11) is 0. The van der Waals surface area contributed by atoms with Crippen molar-refractivity contribution in [1.29, 1.82) is 0 Å². The van der Waals surface area contributed by atoms with Gasteiger partial charge in [0.15, 0.2) is 0 Å². The van der Waals surface area contributed by atoms with Crippen LogP contribution in [0.25, 0.3) is 0 Å². The molecule has 0 aliphatic heterocycles. The Morgan fingerprint density at radius 1 is 1.25 bits per heavy atom. The Kier molecular flexibility index (Phi) is 5.14. The van der Waals surface area contributed by atoms with Crippen molar-refractivity contribution >= 4 is 17.8 Å². The van der Waals surface area contributed by atoms with Gasteiger partial charge < -0.3 is 16.2 Å². The van der Waals surface area contributed by atoms with E-state index in [0.717, 1.165) is 6.42 Å². The van der Waals surface area contributed by atoms with Crippen molar-refractivity contribution in [3.8, 4) is 0 Å². The van der Waals surface area contributed by atoms with E-state index in [1.165, 1.54) is 0 Å². The summed E-state index contributed by atoms with van der Waals surface area (Å²) in [5.74, 6) is -2.57. The lowest BCUT2D eigenvalue weighted by molar-refractivity contribution is -0.146. The van der Waals surface area contributed by atoms with E-state index < -0.39 is 29.1 Å². The first-order chi connectivity index (χ1) is 9.19. The first-order valence-corrected chi connectivity index (χ1v) is 6.99. The van der Waals surface area contributed by atoms with Crippen LogP contribution in [0.4, 0.5) is 0 Å². The molecule has 0 radical (unpaired) electrons. The molecule has 1 fully saturated rings. The first kappa shape index (κ1) is 16.5. The molecule has 0 bridgehead atoms. The molecule has 1 rings (SSSR count). The van der Waals surface area contributed by atoms with E-state index in [1.54, 1.807) is 13.8 Å². The normalized spacial score (nSPS) is 26.2. The monoisotopic (exact) mass is 284 g/mol. The SMILES string of the molecule is CCC1CC(C(=O)O)C(C(=O)NCC(C)(C)C(N)=O)C1. The number of nitrogens with two attached hydrogens (primary N) is 1. The Labute approximate surface area is 119 Å². The predicted octanol–water partition coefficient (Wildman–Crippen LogP) is 0.751. The van der Waals surface area contributed by atoms with Crippen molar-refractivity contribution in [2.75, 3.05) is 6.54 Å². The summed E-state index contributed by atoms with van der Waals surface area (Å²) in [5, 5.41) is 11.9. The molecule has 0 heterocycles.